The highest BCUT2D eigenvalue weighted by Gasteiger charge is 2.25. The Morgan fingerprint density at radius 2 is 1.76 bits per heavy atom. The number of para-hydroxylation sites is 1. The van der Waals surface area contributed by atoms with Gasteiger partial charge in [0.25, 0.3) is 11.8 Å². The molecule has 4 aromatic rings. The molecule has 0 unspecified atom stereocenters. The summed E-state index contributed by atoms with van der Waals surface area (Å²) in [7, 11) is 0. The maximum absolute atomic E-state index is 13.2. The second-order valence-electron chi connectivity index (χ2n) is 7.53. The van der Waals surface area contributed by atoms with Crippen molar-refractivity contribution in [2.24, 2.45) is 0 Å². The van der Waals surface area contributed by atoms with Gasteiger partial charge in [-0.3, -0.25) is 14.5 Å². The third-order valence-corrected chi connectivity index (χ3v) is 7.11. The molecule has 1 aromatic carbocycles. The van der Waals surface area contributed by atoms with E-state index in [2.05, 4.69) is 20.4 Å². The predicted molar refractivity (Wildman–Crippen MR) is 128 cm³/mol. The maximum Gasteiger partial charge on any atom is 0.265 e. The number of carbonyl (C=O) groups is 2. The van der Waals surface area contributed by atoms with Crippen LogP contribution in [-0.4, -0.2) is 57.9 Å². The maximum atomic E-state index is 13.2. The molecule has 0 aliphatic carbocycles. The van der Waals surface area contributed by atoms with Gasteiger partial charge in [0, 0.05) is 26.2 Å². The van der Waals surface area contributed by atoms with Crippen molar-refractivity contribution in [3.05, 3.63) is 75.6 Å². The van der Waals surface area contributed by atoms with E-state index < -0.39 is 0 Å². The molecule has 0 radical (unpaired) electrons. The highest BCUT2D eigenvalue weighted by atomic mass is 32.1. The van der Waals surface area contributed by atoms with Crippen LogP contribution in [0.15, 0.2) is 63.8 Å². The Balaban J connectivity index is 1.19. The zero-order valence-corrected chi connectivity index (χ0v) is 19.3. The van der Waals surface area contributed by atoms with Crippen molar-refractivity contribution in [2.75, 3.05) is 31.5 Å². The van der Waals surface area contributed by atoms with Crippen molar-refractivity contribution >= 4 is 40.2 Å². The molecule has 0 atom stereocenters. The smallest absolute Gasteiger partial charge is 0.265 e. The van der Waals surface area contributed by atoms with E-state index in [1.54, 1.807) is 29.5 Å². The number of nitrogens with zero attached hydrogens (tertiary/aromatic N) is 4. The van der Waals surface area contributed by atoms with Crippen LogP contribution in [0.25, 0.3) is 10.7 Å². The molecule has 0 spiro atoms. The third-order valence-electron chi connectivity index (χ3n) is 5.38. The summed E-state index contributed by atoms with van der Waals surface area (Å²) in [5.41, 5.74) is 1.02. The van der Waals surface area contributed by atoms with Crippen LogP contribution in [0, 0.1) is 0 Å². The van der Waals surface area contributed by atoms with E-state index in [1.165, 1.54) is 11.3 Å². The first-order chi connectivity index (χ1) is 16.2. The van der Waals surface area contributed by atoms with Crippen molar-refractivity contribution < 1.29 is 14.1 Å². The van der Waals surface area contributed by atoms with Gasteiger partial charge in [-0.25, -0.2) is 0 Å². The first-order valence-electron chi connectivity index (χ1n) is 10.5. The molecule has 2 amide bonds. The molecule has 33 heavy (non-hydrogen) atoms. The summed E-state index contributed by atoms with van der Waals surface area (Å²) in [6.45, 7) is 3.11. The van der Waals surface area contributed by atoms with Crippen LogP contribution in [0.2, 0.25) is 0 Å². The molecule has 0 bridgehead atoms. The molecule has 168 valence electrons. The number of rotatable bonds is 6. The van der Waals surface area contributed by atoms with Gasteiger partial charge in [0.1, 0.15) is 0 Å². The number of thiophene rings is 2. The highest BCUT2D eigenvalue weighted by Crippen LogP contribution is 2.23. The van der Waals surface area contributed by atoms with E-state index in [0.717, 1.165) is 4.88 Å². The molecule has 1 aliphatic rings. The quantitative estimate of drug-likeness (QED) is 0.448. The summed E-state index contributed by atoms with van der Waals surface area (Å²) < 4.78 is 5.40. The van der Waals surface area contributed by atoms with Gasteiger partial charge in [-0.2, -0.15) is 4.98 Å². The number of carbonyl (C=O) groups excluding carboxylic acids is 2. The van der Waals surface area contributed by atoms with E-state index >= 15 is 0 Å². The predicted octanol–water partition coefficient (Wildman–Crippen LogP) is 4.07. The zero-order valence-electron chi connectivity index (χ0n) is 17.6. The first kappa shape index (κ1) is 21.5. The molecule has 1 saturated heterocycles. The fraction of sp³-hybridized carbons (Fsp3) is 0.217. The largest absolute Gasteiger partial charge is 0.338 e. The van der Waals surface area contributed by atoms with Crippen LogP contribution in [0.3, 0.4) is 0 Å². The van der Waals surface area contributed by atoms with E-state index in [4.69, 9.17) is 4.52 Å². The summed E-state index contributed by atoms with van der Waals surface area (Å²) in [6, 6.07) is 14.6. The van der Waals surface area contributed by atoms with Crippen LogP contribution in [0.4, 0.5) is 5.69 Å². The van der Waals surface area contributed by atoms with Crippen LogP contribution < -0.4 is 5.32 Å². The number of benzene rings is 1. The average molecular weight is 480 g/mol. The number of piperazine rings is 1. The van der Waals surface area contributed by atoms with Gasteiger partial charge in [-0.15, -0.1) is 22.7 Å². The molecular formula is C23H21N5O3S2. The van der Waals surface area contributed by atoms with Crippen molar-refractivity contribution in [3.63, 3.8) is 0 Å². The zero-order chi connectivity index (χ0) is 22.6. The van der Waals surface area contributed by atoms with Gasteiger partial charge >= 0.3 is 0 Å². The molecule has 4 heterocycles. The molecule has 1 aliphatic heterocycles. The van der Waals surface area contributed by atoms with Crippen LogP contribution >= 0.6 is 22.7 Å². The van der Waals surface area contributed by atoms with Gasteiger partial charge in [0.2, 0.25) is 11.7 Å². The number of aromatic nitrogens is 2. The van der Waals surface area contributed by atoms with Gasteiger partial charge in [0.15, 0.2) is 0 Å². The summed E-state index contributed by atoms with van der Waals surface area (Å²) in [4.78, 5) is 35.7. The molecule has 3 aromatic heterocycles. The minimum Gasteiger partial charge on any atom is -0.338 e. The molecule has 5 rings (SSSR count). The molecule has 0 saturated carbocycles. The highest BCUT2D eigenvalue weighted by molar-refractivity contribution is 7.13. The Hall–Kier alpha value is -3.34. The topological polar surface area (TPSA) is 91.6 Å². The average Bonchev–Trinajstić information content (AvgIpc) is 3.62. The first-order valence-corrected chi connectivity index (χ1v) is 12.3. The Bertz CT molecular complexity index is 1230. The lowest BCUT2D eigenvalue weighted by molar-refractivity contribution is 0.0616. The lowest BCUT2D eigenvalue weighted by Gasteiger charge is -2.34. The molecule has 10 heteroatoms. The lowest BCUT2D eigenvalue weighted by Crippen LogP contribution is -2.48. The SMILES string of the molecule is O=C(Nc1ccccc1C(=O)N1CCN(Cc2nc(-c3cccs3)no2)CC1)c1cccs1. The third kappa shape index (κ3) is 4.87. The Labute approximate surface area is 198 Å². The Morgan fingerprint density at radius 1 is 0.970 bits per heavy atom. The second-order valence-corrected chi connectivity index (χ2v) is 9.43. The number of hydrogen-bond donors (Lipinski definition) is 1. The Kier molecular flexibility index (Phi) is 6.29. The van der Waals surface area contributed by atoms with Crippen LogP contribution in [-0.2, 0) is 6.54 Å². The summed E-state index contributed by atoms with van der Waals surface area (Å²) in [6.07, 6.45) is 0. The summed E-state index contributed by atoms with van der Waals surface area (Å²) >= 11 is 2.94. The van der Waals surface area contributed by atoms with Gasteiger partial charge < -0.3 is 14.7 Å². The normalized spacial score (nSPS) is 14.4. The monoisotopic (exact) mass is 479 g/mol. The number of hydrogen-bond acceptors (Lipinski definition) is 8. The van der Waals surface area contributed by atoms with E-state index in [1.807, 2.05) is 46.0 Å². The van der Waals surface area contributed by atoms with E-state index in [9.17, 15) is 9.59 Å². The summed E-state index contributed by atoms with van der Waals surface area (Å²) in [5, 5.41) is 10.8. The molecule has 8 nitrogen and oxygen atoms in total. The van der Waals surface area contributed by atoms with Crippen LogP contribution in [0.5, 0.6) is 0 Å². The standard InChI is InChI=1S/C23H21N5O3S2/c29-22(19-8-4-14-33-19)24-17-6-2-1-5-16(17)23(30)28-11-9-27(10-12-28)15-20-25-21(26-31-20)18-7-3-13-32-18/h1-8,13-14H,9-12,15H2,(H,24,29). The molecular weight excluding hydrogens is 458 g/mol. The number of anilines is 1. The van der Waals surface area contributed by atoms with Gasteiger partial charge in [-0.05, 0) is 35.0 Å². The summed E-state index contributed by atoms with van der Waals surface area (Å²) in [5.74, 6) is 0.876. The van der Waals surface area contributed by atoms with Gasteiger partial charge in [-0.1, -0.05) is 29.4 Å². The van der Waals surface area contributed by atoms with Crippen molar-refractivity contribution in [1.82, 2.24) is 19.9 Å². The molecule has 1 fully saturated rings. The van der Waals surface area contributed by atoms with Crippen molar-refractivity contribution in [3.8, 4) is 10.7 Å². The van der Waals surface area contributed by atoms with E-state index in [0.29, 0.717) is 60.6 Å². The number of nitrogens with one attached hydrogen (secondary N) is 1. The second kappa shape index (κ2) is 9.65. The molecule has 1 N–H and O–H groups in total. The van der Waals surface area contributed by atoms with Gasteiger partial charge in [0.05, 0.1) is 27.5 Å². The van der Waals surface area contributed by atoms with Crippen molar-refractivity contribution in [1.29, 1.82) is 0 Å². The Morgan fingerprint density at radius 3 is 2.52 bits per heavy atom. The number of amides is 2. The minimum absolute atomic E-state index is 0.0884. The minimum atomic E-state index is -0.212. The fourth-order valence-electron chi connectivity index (χ4n) is 3.67. The van der Waals surface area contributed by atoms with Crippen LogP contribution in [0.1, 0.15) is 25.9 Å². The lowest BCUT2D eigenvalue weighted by atomic mass is 10.1. The van der Waals surface area contributed by atoms with E-state index in [-0.39, 0.29) is 11.8 Å². The fourth-order valence-corrected chi connectivity index (χ4v) is 4.93. The van der Waals surface area contributed by atoms with Crippen molar-refractivity contribution in [2.45, 2.75) is 6.54 Å².